The summed E-state index contributed by atoms with van der Waals surface area (Å²) < 4.78 is 25.9. The lowest BCUT2D eigenvalue weighted by Gasteiger charge is -2.26. The molecule has 2 rings (SSSR count). The number of nitro groups is 1. The van der Waals surface area contributed by atoms with Gasteiger partial charge in [-0.3, -0.25) is 19.2 Å². The van der Waals surface area contributed by atoms with Gasteiger partial charge in [0.1, 0.15) is 12.0 Å². The van der Waals surface area contributed by atoms with Crippen molar-refractivity contribution in [1.29, 1.82) is 0 Å². The molecule has 2 aromatic rings. The Hall–Kier alpha value is -3.06. The van der Waals surface area contributed by atoms with Gasteiger partial charge in [0.2, 0.25) is 0 Å². The minimum Gasteiger partial charge on any atom is -0.750 e. The number of amides is 2. The summed E-state index contributed by atoms with van der Waals surface area (Å²) in [5.41, 5.74) is 10.6. The van der Waals surface area contributed by atoms with Gasteiger partial charge in [-0.15, -0.1) is 0 Å². The molecule has 0 saturated heterocycles. The highest BCUT2D eigenvalue weighted by Crippen LogP contribution is 2.38. The number of phenolic OH excluding ortho intramolecular Hbond substituents is 1. The highest BCUT2D eigenvalue weighted by atomic mass is 32.2. The molecule has 11 nitrogen and oxygen atoms in total. The largest absolute Gasteiger partial charge is 0.750 e. The number of rotatable bonds is 6. The lowest BCUT2D eigenvalue weighted by Crippen LogP contribution is -2.33. The van der Waals surface area contributed by atoms with Crippen molar-refractivity contribution in [2.75, 3.05) is 4.90 Å². The average molecular weight is 381 g/mol. The predicted octanol–water partition coefficient (Wildman–Crippen LogP) is 1.29. The van der Waals surface area contributed by atoms with Crippen molar-refractivity contribution in [3.8, 4) is 5.75 Å². The Balaban J connectivity index is 2.58. The SMILES string of the molecule is NC(=O)N(c1ccc([N+](=O)[O-])cc1O)c1ccccc1C(N)OS(=O)[O-]. The van der Waals surface area contributed by atoms with E-state index in [0.717, 1.165) is 23.1 Å². The van der Waals surface area contributed by atoms with E-state index in [0.29, 0.717) is 0 Å². The second-order valence-electron chi connectivity index (χ2n) is 4.88. The summed E-state index contributed by atoms with van der Waals surface area (Å²) in [6, 6.07) is 7.80. The number of nitrogens with two attached hydrogens (primary N) is 2. The van der Waals surface area contributed by atoms with Crippen LogP contribution in [-0.4, -0.2) is 24.8 Å². The number of nitro benzene ring substituents is 1. The zero-order valence-corrected chi connectivity index (χ0v) is 13.8. The molecule has 0 aliphatic heterocycles. The van der Waals surface area contributed by atoms with Gasteiger partial charge < -0.3 is 21.1 Å². The Morgan fingerprint density at radius 1 is 1.27 bits per heavy atom. The Morgan fingerprint density at radius 3 is 2.46 bits per heavy atom. The van der Waals surface area contributed by atoms with Crippen molar-refractivity contribution < 1.29 is 27.8 Å². The second kappa shape index (κ2) is 7.88. The third-order valence-electron chi connectivity index (χ3n) is 3.30. The van der Waals surface area contributed by atoms with Crippen molar-refractivity contribution in [1.82, 2.24) is 0 Å². The van der Waals surface area contributed by atoms with Crippen molar-refractivity contribution in [3.63, 3.8) is 0 Å². The Labute approximate surface area is 149 Å². The summed E-state index contributed by atoms with van der Waals surface area (Å²) in [7, 11) is 0. The van der Waals surface area contributed by atoms with Crippen LogP contribution < -0.4 is 16.4 Å². The normalized spacial score (nSPS) is 13.0. The van der Waals surface area contributed by atoms with E-state index in [2.05, 4.69) is 4.18 Å². The van der Waals surface area contributed by atoms with Crippen molar-refractivity contribution in [2.24, 2.45) is 11.5 Å². The van der Waals surface area contributed by atoms with E-state index in [1.165, 1.54) is 24.3 Å². The minimum atomic E-state index is -2.92. The number of carbonyl (C=O) groups is 1. The topological polar surface area (TPSA) is 185 Å². The van der Waals surface area contributed by atoms with Gasteiger partial charge in [0.25, 0.3) is 5.69 Å². The summed E-state index contributed by atoms with van der Waals surface area (Å²) in [6.45, 7) is 0. The van der Waals surface area contributed by atoms with Gasteiger partial charge in [-0.1, -0.05) is 18.2 Å². The van der Waals surface area contributed by atoms with Crippen LogP contribution in [0.5, 0.6) is 5.75 Å². The smallest absolute Gasteiger partial charge is 0.324 e. The Morgan fingerprint density at radius 2 is 1.92 bits per heavy atom. The zero-order chi connectivity index (χ0) is 19.4. The van der Waals surface area contributed by atoms with Crippen LogP contribution in [0.15, 0.2) is 42.5 Å². The van der Waals surface area contributed by atoms with Gasteiger partial charge in [0.05, 0.1) is 33.7 Å². The Bertz CT molecular complexity index is 876. The van der Waals surface area contributed by atoms with Crippen LogP contribution in [0.3, 0.4) is 0 Å². The molecule has 0 fully saturated rings. The molecule has 12 heteroatoms. The molecule has 138 valence electrons. The first-order valence-corrected chi connectivity index (χ1v) is 7.90. The van der Waals surface area contributed by atoms with Crippen molar-refractivity contribution >= 4 is 34.5 Å². The average Bonchev–Trinajstić information content (AvgIpc) is 2.55. The van der Waals surface area contributed by atoms with E-state index in [9.17, 15) is 28.8 Å². The molecular weight excluding hydrogens is 368 g/mol. The lowest BCUT2D eigenvalue weighted by atomic mass is 10.1. The molecule has 0 radical (unpaired) electrons. The molecule has 0 aliphatic carbocycles. The second-order valence-corrected chi connectivity index (χ2v) is 5.48. The number of urea groups is 1. The van der Waals surface area contributed by atoms with Gasteiger partial charge in [0.15, 0.2) is 0 Å². The maximum Gasteiger partial charge on any atom is 0.324 e. The number of hydrogen-bond donors (Lipinski definition) is 3. The van der Waals surface area contributed by atoms with Crippen molar-refractivity contribution in [2.45, 2.75) is 6.23 Å². The summed E-state index contributed by atoms with van der Waals surface area (Å²) in [5, 5.41) is 20.9. The molecular formula is C14H13N4O7S-. The number of primary amides is 1. The molecule has 2 amide bonds. The minimum absolute atomic E-state index is 0.0297. The third-order valence-corrected chi connectivity index (χ3v) is 3.66. The lowest BCUT2D eigenvalue weighted by molar-refractivity contribution is -0.384. The fourth-order valence-corrected chi connectivity index (χ4v) is 2.52. The van der Waals surface area contributed by atoms with Crippen molar-refractivity contribution in [3.05, 3.63) is 58.1 Å². The highest BCUT2D eigenvalue weighted by molar-refractivity contribution is 7.74. The summed E-state index contributed by atoms with van der Waals surface area (Å²) >= 11 is -2.92. The molecule has 2 aromatic carbocycles. The number of para-hydroxylation sites is 1. The number of phenols is 1. The third kappa shape index (κ3) is 4.12. The van der Waals surface area contributed by atoms with Crippen LogP contribution in [0, 0.1) is 10.1 Å². The fourth-order valence-electron chi connectivity index (χ4n) is 2.25. The van der Waals surface area contributed by atoms with Crippen LogP contribution in [0.4, 0.5) is 21.9 Å². The molecule has 5 N–H and O–H groups in total. The molecule has 0 aliphatic rings. The first kappa shape index (κ1) is 19.3. The number of non-ortho nitro benzene ring substituents is 1. The van der Waals surface area contributed by atoms with E-state index >= 15 is 0 Å². The van der Waals surface area contributed by atoms with E-state index < -0.39 is 40.0 Å². The maximum atomic E-state index is 12.0. The van der Waals surface area contributed by atoms with Gasteiger partial charge in [-0.05, 0) is 12.1 Å². The first-order valence-electron chi connectivity index (χ1n) is 6.90. The summed E-state index contributed by atoms with van der Waals surface area (Å²) in [6.07, 6.45) is -1.45. The molecule has 2 atom stereocenters. The number of benzene rings is 2. The fraction of sp³-hybridized carbons (Fsp3) is 0.0714. The Kier molecular flexibility index (Phi) is 5.84. The van der Waals surface area contributed by atoms with Crippen LogP contribution in [0.2, 0.25) is 0 Å². The van der Waals surface area contributed by atoms with Crippen LogP contribution in [0.25, 0.3) is 0 Å². The van der Waals surface area contributed by atoms with E-state index in [4.69, 9.17) is 11.5 Å². The maximum absolute atomic E-state index is 12.0. The zero-order valence-electron chi connectivity index (χ0n) is 13.0. The number of carbonyl (C=O) groups excluding carboxylic acids is 1. The molecule has 0 bridgehead atoms. The molecule has 26 heavy (non-hydrogen) atoms. The van der Waals surface area contributed by atoms with Crippen LogP contribution >= 0.6 is 0 Å². The van der Waals surface area contributed by atoms with Crippen LogP contribution in [-0.2, 0) is 15.5 Å². The number of nitrogens with zero attached hydrogens (tertiary/aromatic N) is 2. The molecule has 2 unspecified atom stereocenters. The van der Waals surface area contributed by atoms with Gasteiger partial charge in [-0.2, -0.15) is 0 Å². The number of hydrogen-bond acceptors (Lipinski definition) is 8. The van der Waals surface area contributed by atoms with Gasteiger partial charge >= 0.3 is 6.03 Å². The summed E-state index contributed by atoms with van der Waals surface area (Å²) in [4.78, 5) is 22.9. The molecule has 0 heterocycles. The van der Waals surface area contributed by atoms with E-state index in [1.54, 1.807) is 0 Å². The highest BCUT2D eigenvalue weighted by Gasteiger charge is 2.25. The van der Waals surface area contributed by atoms with Crippen LogP contribution in [0.1, 0.15) is 11.8 Å². The molecule has 0 spiro atoms. The molecule has 0 aromatic heterocycles. The van der Waals surface area contributed by atoms with E-state index in [1.807, 2.05) is 0 Å². The first-order chi connectivity index (χ1) is 12.2. The standard InChI is InChI=1S/C14H14N4O7S/c15-13(25-26(23)24)9-3-1-2-4-10(9)17(14(16)20)11-6-5-8(18(21)22)7-12(11)19/h1-7,13,19H,15H2,(H2,16,20)(H,23,24)/p-1. The van der Waals surface area contributed by atoms with E-state index in [-0.39, 0.29) is 16.9 Å². The monoisotopic (exact) mass is 381 g/mol. The summed E-state index contributed by atoms with van der Waals surface area (Å²) in [5.74, 6) is -0.588. The molecule has 0 saturated carbocycles. The predicted molar refractivity (Wildman–Crippen MR) is 89.9 cm³/mol. The number of aromatic hydroxyl groups is 1. The van der Waals surface area contributed by atoms with Gasteiger partial charge in [-0.25, -0.2) is 9.00 Å². The van der Waals surface area contributed by atoms with Gasteiger partial charge in [0, 0.05) is 11.6 Å². The quantitative estimate of drug-likeness (QED) is 0.289. The number of anilines is 2.